The number of hydrogen-bond acceptors (Lipinski definition) is 2. The summed E-state index contributed by atoms with van der Waals surface area (Å²) in [5, 5.41) is 3.36. The topological polar surface area (TPSA) is 15.3 Å². The molecule has 0 aromatic heterocycles. The van der Waals surface area contributed by atoms with Crippen LogP contribution in [-0.4, -0.2) is 42.8 Å². The normalized spacial score (nSPS) is 26.4. The van der Waals surface area contributed by atoms with Gasteiger partial charge in [0.1, 0.15) is 0 Å². The first kappa shape index (κ1) is 13.8. The van der Waals surface area contributed by atoms with Crippen LogP contribution in [-0.2, 0) is 0 Å². The lowest BCUT2D eigenvalue weighted by Gasteiger charge is -2.30. The van der Waals surface area contributed by atoms with E-state index in [1.165, 1.54) is 0 Å². The number of alkyl halides is 3. The SMILES string of the molecule is CCC1CN(C(C)CC(F)(F)F)CCCN1. The van der Waals surface area contributed by atoms with E-state index in [1.54, 1.807) is 6.92 Å². The molecule has 1 heterocycles. The Bertz CT molecular complexity index is 206. The molecule has 2 nitrogen and oxygen atoms in total. The molecule has 2 atom stereocenters. The van der Waals surface area contributed by atoms with Gasteiger partial charge in [-0.15, -0.1) is 0 Å². The van der Waals surface area contributed by atoms with Crippen LogP contribution in [0.2, 0.25) is 0 Å². The summed E-state index contributed by atoms with van der Waals surface area (Å²) in [6.07, 6.45) is -2.86. The summed E-state index contributed by atoms with van der Waals surface area (Å²) in [7, 11) is 0. The van der Waals surface area contributed by atoms with Gasteiger partial charge in [0.15, 0.2) is 0 Å². The molecular weight excluding hydrogens is 217 g/mol. The first-order valence-electron chi connectivity index (χ1n) is 5.96. The molecule has 16 heavy (non-hydrogen) atoms. The van der Waals surface area contributed by atoms with Crippen molar-refractivity contribution >= 4 is 0 Å². The molecule has 2 unspecified atom stereocenters. The van der Waals surface area contributed by atoms with Crippen LogP contribution in [0.1, 0.15) is 33.1 Å². The van der Waals surface area contributed by atoms with E-state index in [-0.39, 0.29) is 0 Å². The van der Waals surface area contributed by atoms with Gasteiger partial charge in [0.05, 0.1) is 6.42 Å². The molecule has 1 fully saturated rings. The summed E-state index contributed by atoms with van der Waals surface area (Å²) in [5.41, 5.74) is 0. The molecular formula is C11H21F3N2. The minimum Gasteiger partial charge on any atom is -0.313 e. The lowest BCUT2D eigenvalue weighted by Crippen LogP contribution is -2.42. The minimum absolute atomic E-state index is 0.332. The highest BCUT2D eigenvalue weighted by Crippen LogP contribution is 2.24. The number of hydrogen-bond donors (Lipinski definition) is 1. The smallest absolute Gasteiger partial charge is 0.313 e. The van der Waals surface area contributed by atoms with E-state index in [9.17, 15) is 13.2 Å². The summed E-state index contributed by atoms with van der Waals surface area (Å²) in [6, 6.07) is -0.0767. The lowest BCUT2D eigenvalue weighted by atomic mass is 10.1. The van der Waals surface area contributed by atoms with E-state index in [1.807, 2.05) is 4.90 Å². The van der Waals surface area contributed by atoms with Crippen LogP contribution < -0.4 is 5.32 Å². The predicted octanol–water partition coefficient (Wildman–Crippen LogP) is 2.40. The van der Waals surface area contributed by atoms with Crippen LogP contribution >= 0.6 is 0 Å². The zero-order chi connectivity index (χ0) is 12.2. The van der Waals surface area contributed by atoms with Crippen molar-refractivity contribution in [2.45, 2.75) is 51.4 Å². The van der Waals surface area contributed by atoms with Gasteiger partial charge in [0, 0.05) is 18.6 Å². The Kier molecular flexibility index (Phi) is 5.05. The van der Waals surface area contributed by atoms with Crippen molar-refractivity contribution in [3.05, 3.63) is 0 Å². The van der Waals surface area contributed by atoms with E-state index < -0.39 is 18.6 Å². The molecule has 5 heteroatoms. The maximum atomic E-state index is 12.3. The van der Waals surface area contributed by atoms with Crippen LogP contribution in [0.4, 0.5) is 13.2 Å². The zero-order valence-electron chi connectivity index (χ0n) is 9.98. The van der Waals surface area contributed by atoms with Crippen LogP contribution in [0.25, 0.3) is 0 Å². The van der Waals surface area contributed by atoms with Gasteiger partial charge in [-0.05, 0) is 32.9 Å². The summed E-state index contributed by atoms with van der Waals surface area (Å²) in [4.78, 5) is 1.96. The average Bonchev–Trinajstić information content (AvgIpc) is 2.39. The maximum absolute atomic E-state index is 12.3. The van der Waals surface area contributed by atoms with Gasteiger partial charge >= 0.3 is 6.18 Å². The summed E-state index contributed by atoms with van der Waals surface area (Å²) in [6.45, 7) is 6.14. The number of nitrogens with zero attached hydrogens (tertiary/aromatic N) is 1. The van der Waals surface area contributed by atoms with E-state index in [4.69, 9.17) is 0 Å². The molecule has 1 rings (SSSR count). The van der Waals surface area contributed by atoms with Gasteiger partial charge < -0.3 is 5.32 Å². The van der Waals surface area contributed by atoms with Crippen molar-refractivity contribution in [3.63, 3.8) is 0 Å². The second-order valence-corrected chi connectivity index (χ2v) is 4.58. The molecule has 0 spiro atoms. The maximum Gasteiger partial charge on any atom is 0.390 e. The highest BCUT2D eigenvalue weighted by Gasteiger charge is 2.33. The van der Waals surface area contributed by atoms with Crippen LogP contribution in [0.5, 0.6) is 0 Å². The molecule has 0 saturated carbocycles. The minimum atomic E-state index is -4.05. The standard InChI is InChI=1S/C11H21F3N2/c1-3-10-8-16(6-4-5-15-10)9(2)7-11(12,13)14/h9-10,15H,3-8H2,1-2H3. The molecule has 0 aromatic carbocycles. The number of rotatable bonds is 3. The largest absolute Gasteiger partial charge is 0.390 e. The number of halogens is 3. The van der Waals surface area contributed by atoms with Gasteiger partial charge in [-0.25, -0.2) is 0 Å². The Morgan fingerprint density at radius 2 is 2.12 bits per heavy atom. The molecule has 0 aromatic rings. The number of nitrogens with one attached hydrogen (secondary N) is 1. The Balaban J connectivity index is 2.49. The Labute approximate surface area is 95.2 Å². The van der Waals surface area contributed by atoms with Crippen LogP contribution in [0.15, 0.2) is 0 Å². The third-order valence-corrected chi connectivity index (χ3v) is 3.15. The van der Waals surface area contributed by atoms with Gasteiger partial charge in [-0.2, -0.15) is 13.2 Å². The molecule has 96 valence electrons. The quantitative estimate of drug-likeness (QED) is 0.812. The third kappa shape index (κ3) is 4.70. The Hall–Kier alpha value is -0.290. The van der Waals surface area contributed by atoms with Crippen molar-refractivity contribution in [2.24, 2.45) is 0 Å². The first-order valence-corrected chi connectivity index (χ1v) is 5.96. The van der Waals surface area contributed by atoms with Crippen molar-refractivity contribution in [2.75, 3.05) is 19.6 Å². The second-order valence-electron chi connectivity index (χ2n) is 4.58. The van der Waals surface area contributed by atoms with Gasteiger partial charge in [0.2, 0.25) is 0 Å². The molecule has 0 radical (unpaired) electrons. The highest BCUT2D eigenvalue weighted by molar-refractivity contribution is 4.79. The second kappa shape index (κ2) is 5.87. The molecule has 0 bridgehead atoms. The van der Waals surface area contributed by atoms with Crippen molar-refractivity contribution in [1.82, 2.24) is 10.2 Å². The summed E-state index contributed by atoms with van der Waals surface area (Å²) in [5.74, 6) is 0. The van der Waals surface area contributed by atoms with E-state index in [0.29, 0.717) is 6.04 Å². The molecule has 1 aliphatic rings. The van der Waals surface area contributed by atoms with E-state index in [0.717, 1.165) is 32.5 Å². The Morgan fingerprint density at radius 3 is 2.69 bits per heavy atom. The molecule has 0 amide bonds. The highest BCUT2D eigenvalue weighted by atomic mass is 19.4. The fourth-order valence-electron chi connectivity index (χ4n) is 2.17. The van der Waals surface area contributed by atoms with E-state index in [2.05, 4.69) is 12.2 Å². The van der Waals surface area contributed by atoms with Crippen LogP contribution in [0, 0.1) is 0 Å². The monoisotopic (exact) mass is 238 g/mol. The van der Waals surface area contributed by atoms with Crippen molar-refractivity contribution in [3.8, 4) is 0 Å². The van der Waals surface area contributed by atoms with E-state index >= 15 is 0 Å². The Morgan fingerprint density at radius 1 is 1.44 bits per heavy atom. The molecule has 1 N–H and O–H groups in total. The van der Waals surface area contributed by atoms with Gasteiger partial charge in [-0.1, -0.05) is 6.92 Å². The van der Waals surface area contributed by atoms with Crippen molar-refractivity contribution < 1.29 is 13.2 Å². The zero-order valence-corrected chi connectivity index (χ0v) is 9.98. The fourth-order valence-corrected chi connectivity index (χ4v) is 2.17. The molecule has 1 aliphatic heterocycles. The van der Waals surface area contributed by atoms with Gasteiger partial charge in [-0.3, -0.25) is 4.90 Å². The predicted molar refractivity (Wildman–Crippen MR) is 58.4 cm³/mol. The average molecular weight is 238 g/mol. The lowest BCUT2D eigenvalue weighted by molar-refractivity contribution is -0.146. The molecule has 1 saturated heterocycles. The summed E-state index contributed by atoms with van der Waals surface area (Å²) < 4.78 is 36.9. The van der Waals surface area contributed by atoms with Gasteiger partial charge in [0.25, 0.3) is 0 Å². The van der Waals surface area contributed by atoms with Crippen LogP contribution in [0.3, 0.4) is 0 Å². The fraction of sp³-hybridized carbons (Fsp3) is 1.00. The van der Waals surface area contributed by atoms with Crippen molar-refractivity contribution in [1.29, 1.82) is 0 Å². The molecule has 0 aliphatic carbocycles. The first-order chi connectivity index (χ1) is 7.42. The summed E-state index contributed by atoms with van der Waals surface area (Å²) >= 11 is 0. The third-order valence-electron chi connectivity index (χ3n) is 3.15.